The zero-order valence-corrected chi connectivity index (χ0v) is 21.8. The van der Waals surface area contributed by atoms with Crippen molar-refractivity contribution in [1.82, 2.24) is 29.9 Å². The van der Waals surface area contributed by atoms with E-state index < -0.39 is 22.8 Å². The second-order valence-corrected chi connectivity index (χ2v) is 11.2. The number of fused-ring (bicyclic) bond motifs is 2. The van der Waals surface area contributed by atoms with Gasteiger partial charge in [0.2, 0.25) is 5.88 Å². The Morgan fingerprint density at radius 1 is 1.31 bits per heavy atom. The van der Waals surface area contributed by atoms with Gasteiger partial charge in [-0.2, -0.15) is 0 Å². The molecule has 4 heterocycles. The highest BCUT2D eigenvalue weighted by atomic mass is 32.2. The third kappa shape index (κ3) is 4.46. The molecule has 9 nitrogen and oxygen atoms in total. The second-order valence-electron chi connectivity index (χ2n) is 9.81. The summed E-state index contributed by atoms with van der Waals surface area (Å²) in [6.45, 7) is 1.54. The number of benzene rings is 1. The number of aromatic nitrogens is 6. The quantitative estimate of drug-likeness (QED) is 0.335. The fourth-order valence-electron chi connectivity index (χ4n) is 5.41. The summed E-state index contributed by atoms with van der Waals surface area (Å²) in [6, 6.07) is 6.40. The van der Waals surface area contributed by atoms with E-state index in [2.05, 4.69) is 36.2 Å². The second kappa shape index (κ2) is 9.57. The van der Waals surface area contributed by atoms with Gasteiger partial charge in [0.05, 0.1) is 29.6 Å². The maximum absolute atomic E-state index is 15.4. The first-order valence-electron chi connectivity index (χ1n) is 12.3. The van der Waals surface area contributed by atoms with Crippen LogP contribution in [0.3, 0.4) is 0 Å². The van der Waals surface area contributed by atoms with E-state index in [4.69, 9.17) is 16.9 Å². The molecule has 2 N–H and O–H groups in total. The Bertz CT molecular complexity index is 1650. The van der Waals surface area contributed by atoms with E-state index in [0.29, 0.717) is 42.0 Å². The number of nitrogens with two attached hydrogens (primary N) is 1. The maximum Gasteiger partial charge on any atom is 0.233 e. The molecule has 1 saturated carbocycles. The summed E-state index contributed by atoms with van der Waals surface area (Å²) in [4.78, 5) is 17.9. The molecule has 1 fully saturated rings. The first-order chi connectivity index (χ1) is 18.9. The minimum atomic E-state index is -1.43. The molecule has 2 aliphatic rings. The largest absolute Gasteiger partial charge is 0.463 e. The van der Waals surface area contributed by atoms with Crippen molar-refractivity contribution in [3.8, 4) is 18.2 Å². The summed E-state index contributed by atoms with van der Waals surface area (Å²) in [5.74, 6) is 1.91. The molecular weight excluding hydrogens is 522 g/mol. The number of alkyl halides is 1. The molecule has 0 amide bonds. The van der Waals surface area contributed by atoms with Gasteiger partial charge in [-0.3, -0.25) is 9.67 Å². The topological polar surface area (TPSA) is 117 Å². The summed E-state index contributed by atoms with van der Waals surface area (Å²) in [5.41, 5.74) is 8.31. The van der Waals surface area contributed by atoms with Crippen LogP contribution in [0.5, 0.6) is 5.88 Å². The number of rotatable bonds is 8. The summed E-state index contributed by atoms with van der Waals surface area (Å²) in [5, 5.41) is 8.43. The lowest BCUT2D eigenvalue weighted by atomic mass is 9.83. The van der Waals surface area contributed by atoms with Crippen molar-refractivity contribution >= 4 is 28.0 Å². The molecule has 0 bridgehead atoms. The molecule has 1 aliphatic carbocycles. The van der Waals surface area contributed by atoms with Crippen molar-refractivity contribution in [2.45, 2.75) is 36.6 Å². The molecule has 4 aromatic rings. The number of thioether (sulfide) groups is 1. The Kier molecular flexibility index (Phi) is 6.18. The molecule has 198 valence electrons. The Balaban J connectivity index is 1.34. The number of halogens is 2. The van der Waals surface area contributed by atoms with Crippen LogP contribution in [0, 0.1) is 31.0 Å². The van der Waals surface area contributed by atoms with Crippen LogP contribution in [0.2, 0.25) is 0 Å². The van der Waals surface area contributed by atoms with Crippen LogP contribution < -0.4 is 10.5 Å². The van der Waals surface area contributed by atoms with Gasteiger partial charge in [-0.1, -0.05) is 29.0 Å². The zero-order valence-electron chi connectivity index (χ0n) is 21.0. The molecule has 0 saturated heterocycles. The third-order valence-electron chi connectivity index (χ3n) is 7.19. The van der Waals surface area contributed by atoms with Crippen molar-refractivity contribution in [2.24, 2.45) is 16.6 Å². The van der Waals surface area contributed by atoms with Crippen molar-refractivity contribution < 1.29 is 13.5 Å². The van der Waals surface area contributed by atoms with Gasteiger partial charge >= 0.3 is 0 Å². The van der Waals surface area contributed by atoms with Crippen molar-refractivity contribution in [3.05, 3.63) is 71.2 Å². The Hall–Kier alpha value is -4.11. The van der Waals surface area contributed by atoms with E-state index >= 15 is 8.78 Å². The lowest BCUT2D eigenvalue weighted by molar-refractivity contribution is 0.259. The zero-order chi connectivity index (χ0) is 27.2. The minimum absolute atomic E-state index is 0.0824. The predicted molar refractivity (Wildman–Crippen MR) is 143 cm³/mol. The van der Waals surface area contributed by atoms with Crippen LogP contribution in [-0.2, 0) is 18.5 Å². The fraction of sp³-hybridized carbons (Fsp3) is 0.333. The number of ether oxygens (including phenoxy) is 1. The number of pyridine rings is 1. The van der Waals surface area contributed by atoms with Gasteiger partial charge in [-0.25, -0.2) is 23.7 Å². The first-order valence-corrected chi connectivity index (χ1v) is 13.1. The lowest BCUT2D eigenvalue weighted by Gasteiger charge is -2.35. The lowest BCUT2D eigenvalue weighted by Crippen LogP contribution is -2.41. The van der Waals surface area contributed by atoms with E-state index in [1.165, 1.54) is 24.0 Å². The monoisotopic (exact) mass is 546 g/mol. The van der Waals surface area contributed by atoms with Crippen LogP contribution in [0.1, 0.15) is 28.9 Å². The smallest absolute Gasteiger partial charge is 0.233 e. The average molecular weight is 547 g/mol. The van der Waals surface area contributed by atoms with E-state index in [0.717, 1.165) is 11.3 Å². The van der Waals surface area contributed by atoms with Gasteiger partial charge in [0.1, 0.15) is 23.5 Å². The summed E-state index contributed by atoms with van der Waals surface area (Å²) < 4.78 is 37.1. The summed E-state index contributed by atoms with van der Waals surface area (Å²) in [6.07, 6.45) is 11.1. The fourth-order valence-corrected chi connectivity index (χ4v) is 6.82. The number of aliphatic imine (C=N–C) groups is 1. The Morgan fingerprint density at radius 2 is 2.18 bits per heavy atom. The molecule has 1 aromatic carbocycles. The number of terminal acetylenes is 1. The molecule has 6 rings (SSSR count). The number of hydrogen-bond donors (Lipinski definition) is 1. The molecule has 0 unspecified atom stereocenters. The molecular formula is C27H24F2N8OS. The van der Waals surface area contributed by atoms with E-state index in [1.807, 2.05) is 13.1 Å². The molecule has 3 aromatic heterocycles. The molecule has 39 heavy (non-hydrogen) atoms. The van der Waals surface area contributed by atoms with Crippen molar-refractivity contribution in [2.75, 3.05) is 13.3 Å². The van der Waals surface area contributed by atoms with Crippen molar-refractivity contribution in [1.29, 1.82) is 0 Å². The highest BCUT2D eigenvalue weighted by Gasteiger charge is 2.68. The van der Waals surface area contributed by atoms with Crippen LogP contribution in [-0.4, -0.2) is 53.1 Å². The van der Waals surface area contributed by atoms with Crippen LogP contribution in [0.25, 0.3) is 11.0 Å². The highest BCUT2D eigenvalue weighted by molar-refractivity contribution is 8.15. The number of hydrogen-bond acceptors (Lipinski definition) is 9. The van der Waals surface area contributed by atoms with Gasteiger partial charge in [-0.15, -0.1) is 11.5 Å². The van der Waals surface area contributed by atoms with Crippen LogP contribution >= 0.6 is 11.8 Å². The van der Waals surface area contributed by atoms with Gasteiger partial charge < -0.3 is 10.5 Å². The van der Waals surface area contributed by atoms with Gasteiger partial charge in [0.15, 0.2) is 11.8 Å². The van der Waals surface area contributed by atoms with Gasteiger partial charge in [-0.05, 0) is 37.1 Å². The average Bonchev–Trinajstić information content (AvgIpc) is 3.50. The molecule has 0 spiro atoms. The normalized spacial score (nSPS) is 23.6. The Morgan fingerprint density at radius 3 is 2.95 bits per heavy atom. The number of amidine groups is 1. The van der Waals surface area contributed by atoms with Crippen LogP contribution in [0.4, 0.5) is 8.78 Å². The number of aryl methyl sites for hydroxylation is 1. The van der Waals surface area contributed by atoms with Gasteiger partial charge in [0, 0.05) is 35.0 Å². The summed E-state index contributed by atoms with van der Waals surface area (Å²) >= 11 is 1.40. The van der Waals surface area contributed by atoms with E-state index in [1.54, 1.807) is 29.1 Å². The van der Waals surface area contributed by atoms with Gasteiger partial charge in [0.25, 0.3) is 0 Å². The number of nitrogens with zero attached hydrogens (tertiary/aromatic N) is 7. The van der Waals surface area contributed by atoms with Crippen molar-refractivity contribution in [3.63, 3.8) is 0 Å². The minimum Gasteiger partial charge on any atom is -0.463 e. The van der Waals surface area contributed by atoms with Crippen LogP contribution in [0.15, 0.2) is 47.8 Å². The highest BCUT2D eigenvalue weighted by Crippen LogP contribution is 2.66. The summed E-state index contributed by atoms with van der Waals surface area (Å²) in [7, 11) is 0. The Labute approximate surface area is 227 Å². The SMILES string of the molecule is C#CCOc1cnc2c(Cc3ccc(F)c([C@@]4(CF)N=C(N)S[C@@]5(Cn6cc(C)nn6)C[C@H]54)c3)nccc2n1. The maximum atomic E-state index is 15.4. The molecule has 0 radical (unpaired) electrons. The standard InChI is InChI=1S/C27H24F2N8OS/c1-3-8-38-23-12-32-24-20(33-23)6-7-31-21(24)10-17-4-5-19(29)18(9-17)27(14-28)22-11-26(22,39-25(30)34-27)15-37-13-16(2)35-36-37/h1,4-7,9,12-13,22H,8,10-11,14-15H2,2H3,(H2,30,34)/t22-,26-,27-/m1/s1. The third-order valence-corrected chi connectivity index (χ3v) is 8.48. The molecule has 12 heteroatoms. The van der Waals surface area contributed by atoms with E-state index in [9.17, 15) is 0 Å². The first kappa shape index (κ1) is 25.2. The molecule has 1 aliphatic heterocycles. The molecule has 3 atom stereocenters. The van der Waals surface area contributed by atoms with E-state index in [-0.39, 0.29) is 23.3 Å². The predicted octanol–water partition coefficient (Wildman–Crippen LogP) is 3.35.